The van der Waals surface area contributed by atoms with Crippen molar-refractivity contribution in [3.8, 4) is 23.0 Å². The second-order valence-electron chi connectivity index (χ2n) is 6.57. The van der Waals surface area contributed by atoms with Gasteiger partial charge in [-0.3, -0.25) is 4.79 Å². The molecule has 1 N–H and O–H groups in total. The maximum absolute atomic E-state index is 12.5. The number of rotatable bonds is 9. The third-order valence-corrected chi connectivity index (χ3v) is 6.18. The minimum atomic E-state index is -3.60. The number of nitrogens with one attached hydrogen (secondary N) is 1. The van der Waals surface area contributed by atoms with E-state index >= 15 is 0 Å². The number of sulfone groups is 1. The molecule has 3 rings (SSSR count). The number of methoxy groups -OCH3 is 2. The summed E-state index contributed by atoms with van der Waals surface area (Å²) in [6, 6.07) is 20.1. The van der Waals surface area contributed by atoms with E-state index in [1.54, 1.807) is 67.8 Å². The molecule has 0 aliphatic heterocycles. The molecule has 1 amide bonds. The van der Waals surface area contributed by atoms with Crippen molar-refractivity contribution in [2.24, 2.45) is 0 Å². The first-order valence-electron chi connectivity index (χ1n) is 9.49. The molecule has 8 heteroatoms. The molecule has 0 radical (unpaired) electrons. The summed E-state index contributed by atoms with van der Waals surface area (Å²) in [6.45, 7) is 0. The number of amides is 1. The Balaban J connectivity index is 1.65. The van der Waals surface area contributed by atoms with E-state index in [-0.39, 0.29) is 17.1 Å². The van der Waals surface area contributed by atoms with Crippen molar-refractivity contribution in [1.82, 2.24) is 0 Å². The Hall–Kier alpha value is -3.52. The van der Waals surface area contributed by atoms with Gasteiger partial charge in [-0.15, -0.1) is 0 Å². The van der Waals surface area contributed by atoms with E-state index in [1.807, 2.05) is 0 Å². The number of hydrogen-bond donors (Lipinski definition) is 1. The lowest BCUT2D eigenvalue weighted by atomic mass is 10.2. The number of anilines is 1. The van der Waals surface area contributed by atoms with E-state index < -0.39 is 15.7 Å². The van der Waals surface area contributed by atoms with Gasteiger partial charge in [-0.05, 0) is 48.5 Å². The highest BCUT2D eigenvalue weighted by Crippen LogP contribution is 2.31. The van der Waals surface area contributed by atoms with Gasteiger partial charge in [-0.2, -0.15) is 0 Å². The Morgan fingerprint density at radius 2 is 1.52 bits per heavy atom. The number of ether oxygens (including phenoxy) is 3. The van der Waals surface area contributed by atoms with Crippen LogP contribution in [-0.2, 0) is 14.6 Å². The first-order valence-corrected chi connectivity index (χ1v) is 11.1. The SMILES string of the molecule is COc1ccc(S(=O)(=O)CCC(=O)Nc2ccccc2Oc2cccc(OC)c2)cc1. The molecule has 0 saturated carbocycles. The van der Waals surface area contributed by atoms with Gasteiger partial charge in [0.15, 0.2) is 15.6 Å². The molecule has 0 unspecified atom stereocenters. The monoisotopic (exact) mass is 441 g/mol. The minimum Gasteiger partial charge on any atom is -0.497 e. The molecule has 7 nitrogen and oxygen atoms in total. The summed E-state index contributed by atoms with van der Waals surface area (Å²) >= 11 is 0. The predicted molar refractivity (Wildman–Crippen MR) is 118 cm³/mol. The molecule has 0 bridgehead atoms. The van der Waals surface area contributed by atoms with Crippen molar-refractivity contribution < 1.29 is 27.4 Å². The molecule has 0 aliphatic carbocycles. The summed E-state index contributed by atoms with van der Waals surface area (Å²) in [4.78, 5) is 12.6. The van der Waals surface area contributed by atoms with Gasteiger partial charge in [-0.25, -0.2) is 8.42 Å². The average molecular weight is 442 g/mol. The zero-order valence-corrected chi connectivity index (χ0v) is 18.0. The van der Waals surface area contributed by atoms with Gasteiger partial charge < -0.3 is 19.5 Å². The smallest absolute Gasteiger partial charge is 0.225 e. The fourth-order valence-corrected chi connectivity index (χ4v) is 4.03. The lowest BCUT2D eigenvalue weighted by molar-refractivity contribution is -0.115. The molecule has 3 aromatic rings. The Kier molecular flexibility index (Phi) is 7.15. The van der Waals surface area contributed by atoms with E-state index in [1.165, 1.54) is 19.2 Å². The second-order valence-corrected chi connectivity index (χ2v) is 8.68. The van der Waals surface area contributed by atoms with Crippen LogP contribution in [0.2, 0.25) is 0 Å². The van der Waals surface area contributed by atoms with Crippen LogP contribution in [0.1, 0.15) is 6.42 Å². The highest BCUT2D eigenvalue weighted by molar-refractivity contribution is 7.91. The largest absolute Gasteiger partial charge is 0.497 e. The normalized spacial score (nSPS) is 10.9. The lowest BCUT2D eigenvalue weighted by Gasteiger charge is -2.13. The summed E-state index contributed by atoms with van der Waals surface area (Å²) in [7, 11) is -0.534. The average Bonchev–Trinajstić information content (AvgIpc) is 2.79. The Morgan fingerprint density at radius 1 is 0.839 bits per heavy atom. The van der Waals surface area contributed by atoms with Crippen molar-refractivity contribution in [3.63, 3.8) is 0 Å². The van der Waals surface area contributed by atoms with Gasteiger partial charge in [0.05, 0.1) is 30.6 Å². The zero-order valence-electron chi connectivity index (χ0n) is 17.2. The summed E-state index contributed by atoms with van der Waals surface area (Å²) < 4.78 is 41.1. The molecule has 0 heterocycles. The van der Waals surface area contributed by atoms with Crippen LogP contribution in [0.5, 0.6) is 23.0 Å². The molecular formula is C23H23NO6S. The molecule has 31 heavy (non-hydrogen) atoms. The van der Waals surface area contributed by atoms with E-state index in [9.17, 15) is 13.2 Å². The molecule has 0 spiro atoms. The maximum Gasteiger partial charge on any atom is 0.225 e. The molecule has 0 fully saturated rings. The second kappa shape index (κ2) is 9.99. The lowest BCUT2D eigenvalue weighted by Crippen LogP contribution is -2.17. The fourth-order valence-electron chi connectivity index (χ4n) is 2.79. The zero-order chi connectivity index (χ0) is 22.3. The molecule has 3 aromatic carbocycles. The predicted octanol–water partition coefficient (Wildman–Crippen LogP) is 4.30. The number of carbonyl (C=O) groups is 1. The van der Waals surface area contributed by atoms with Crippen LogP contribution >= 0.6 is 0 Å². The summed E-state index contributed by atoms with van der Waals surface area (Å²) in [5.74, 6) is 1.43. The minimum absolute atomic E-state index is 0.142. The molecule has 0 atom stereocenters. The summed E-state index contributed by atoms with van der Waals surface area (Å²) in [6.07, 6.45) is -0.193. The molecule has 0 saturated heterocycles. The first-order chi connectivity index (χ1) is 14.9. The van der Waals surface area contributed by atoms with Crippen LogP contribution in [0.15, 0.2) is 77.7 Å². The van der Waals surface area contributed by atoms with Crippen molar-refractivity contribution in [3.05, 3.63) is 72.8 Å². The van der Waals surface area contributed by atoms with E-state index in [0.717, 1.165) is 0 Å². The Bertz CT molecular complexity index is 1140. The van der Waals surface area contributed by atoms with Crippen LogP contribution in [0.3, 0.4) is 0 Å². The van der Waals surface area contributed by atoms with Gasteiger partial charge in [0.25, 0.3) is 0 Å². The number of hydrogen-bond acceptors (Lipinski definition) is 6. The fraction of sp³-hybridized carbons (Fsp3) is 0.174. The van der Waals surface area contributed by atoms with Crippen molar-refractivity contribution >= 4 is 21.4 Å². The van der Waals surface area contributed by atoms with Crippen LogP contribution in [-0.4, -0.2) is 34.3 Å². The van der Waals surface area contributed by atoms with Gasteiger partial charge >= 0.3 is 0 Å². The molecule has 0 aromatic heterocycles. The van der Waals surface area contributed by atoms with E-state index in [2.05, 4.69) is 5.32 Å². The first kappa shape index (κ1) is 22.2. The molecule has 0 aliphatic rings. The Morgan fingerprint density at radius 3 is 2.23 bits per heavy atom. The highest BCUT2D eigenvalue weighted by atomic mass is 32.2. The van der Waals surface area contributed by atoms with Gasteiger partial charge in [0.2, 0.25) is 5.91 Å². The van der Waals surface area contributed by atoms with Gasteiger partial charge in [0.1, 0.15) is 17.2 Å². The maximum atomic E-state index is 12.5. The van der Waals surface area contributed by atoms with Gasteiger partial charge in [0, 0.05) is 12.5 Å². The highest BCUT2D eigenvalue weighted by Gasteiger charge is 2.17. The van der Waals surface area contributed by atoms with Crippen LogP contribution in [0, 0.1) is 0 Å². The topological polar surface area (TPSA) is 90.9 Å². The summed E-state index contributed by atoms with van der Waals surface area (Å²) in [5.41, 5.74) is 0.442. The number of para-hydroxylation sites is 2. The van der Waals surface area contributed by atoms with Crippen molar-refractivity contribution in [1.29, 1.82) is 0 Å². The van der Waals surface area contributed by atoms with Crippen LogP contribution in [0.4, 0.5) is 5.69 Å². The number of carbonyl (C=O) groups excluding carboxylic acids is 1. The van der Waals surface area contributed by atoms with E-state index in [4.69, 9.17) is 14.2 Å². The molecule has 162 valence electrons. The standard InChI is InChI=1S/C23H23NO6S/c1-28-17-10-12-20(13-11-17)31(26,27)15-14-23(25)24-21-8-3-4-9-22(21)30-19-7-5-6-18(16-19)29-2/h3-13,16H,14-15H2,1-2H3,(H,24,25). The third kappa shape index (κ3) is 5.99. The quantitative estimate of drug-likeness (QED) is 0.532. The van der Waals surface area contributed by atoms with E-state index in [0.29, 0.717) is 28.7 Å². The van der Waals surface area contributed by atoms with Gasteiger partial charge in [-0.1, -0.05) is 18.2 Å². The van der Waals surface area contributed by atoms with Crippen molar-refractivity contribution in [2.45, 2.75) is 11.3 Å². The van der Waals surface area contributed by atoms with Crippen LogP contribution in [0.25, 0.3) is 0 Å². The van der Waals surface area contributed by atoms with Crippen molar-refractivity contribution in [2.75, 3.05) is 25.3 Å². The number of benzene rings is 3. The Labute approximate surface area is 181 Å². The summed E-state index contributed by atoms with van der Waals surface area (Å²) in [5, 5.41) is 2.72. The molecular weight excluding hydrogens is 418 g/mol. The van der Waals surface area contributed by atoms with Crippen LogP contribution < -0.4 is 19.5 Å². The third-order valence-electron chi connectivity index (χ3n) is 4.45.